The third-order valence-electron chi connectivity index (χ3n) is 3.68. The molecular weight excluding hydrogens is 270 g/mol. The first-order valence-corrected chi connectivity index (χ1v) is 7.04. The second-order valence-corrected chi connectivity index (χ2v) is 4.96. The van der Waals surface area contributed by atoms with Gasteiger partial charge >= 0.3 is 6.03 Å². The first-order chi connectivity index (χ1) is 10.1. The molecular formula is C14H21N5O2. The summed E-state index contributed by atoms with van der Waals surface area (Å²) < 4.78 is 0. The largest absolute Gasteiger partial charge is 0.354 e. The molecule has 2 rings (SSSR count). The molecule has 7 nitrogen and oxygen atoms in total. The van der Waals surface area contributed by atoms with Crippen LogP contribution in [-0.2, 0) is 4.79 Å². The molecule has 0 radical (unpaired) electrons. The molecule has 1 aromatic heterocycles. The summed E-state index contributed by atoms with van der Waals surface area (Å²) in [5.74, 6) is 0.681. The van der Waals surface area contributed by atoms with Crippen molar-refractivity contribution in [2.45, 2.75) is 13.0 Å². The summed E-state index contributed by atoms with van der Waals surface area (Å²) in [4.78, 5) is 31.7. The molecule has 1 fully saturated rings. The van der Waals surface area contributed by atoms with Gasteiger partial charge in [0.1, 0.15) is 5.82 Å². The molecule has 1 aliphatic rings. The monoisotopic (exact) mass is 291 g/mol. The van der Waals surface area contributed by atoms with Crippen molar-refractivity contribution in [1.29, 1.82) is 0 Å². The number of carbonyl (C=O) groups excluding carboxylic acids is 2. The highest BCUT2D eigenvalue weighted by molar-refractivity contribution is 5.96. The number of nitrogens with zero attached hydrogens (tertiary/aromatic N) is 3. The zero-order chi connectivity index (χ0) is 15.2. The van der Waals surface area contributed by atoms with E-state index in [1.54, 1.807) is 6.20 Å². The number of piperazine rings is 1. The summed E-state index contributed by atoms with van der Waals surface area (Å²) in [6.07, 6.45) is 1.78. The van der Waals surface area contributed by atoms with E-state index in [-0.39, 0.29) is 11.9 Å². The van der Waals surface area contributed by atoms with Crippen molar-refractivity contribution < 1.29 is 9.59 Å². The number of amides is 3. The molecule has 0 bridgehead atoms. The highest BCUT2D eigenvalue weighted by Gasteiger charge is 2.26. The van der Waals surface area contributed by atoms with Crippen molar-refractivity contribution in [1.82, 2.24) is 20.5 Å². The molecule has 0 saturated carbocycles. The molecule has 1 unspecified atom stereocenters. The fraction of sp³-hybridized carbons (Fsp3) is 0.500. The minimum atomic E-state index is -0.473. The number of rotatable bonds is 3. The Morgan fingerprint density at radius 3 is 2.52 bits per heavy atom. The van der Waals surface area contributed by atoms with Gasteiger partial charge < -0.3 is 10.2 Å². The number of hydrogen-bond acceptors (Lipinski definition) is 5. The number of hydrogen-bond donors (Lipinski definition) is 2. The van der Waals surface area contributed by atoms with Crippen LogP contribution in [0.5, 0.6) is 0 Å². The Morgan fingerprint density at radius 1 is 1.24 bits per heavy atom. The summed E-state index contributed by atoms with van der Waals surface area (Å²) >= 11 is 0. The van der Waals surface area contributed by atoms with Gasteiger partial charge in [0.05, 0.1) is 6.04 Å². The van der Waals surface area contributed by atoms with E-state index in [9.17, 15) is 9.59 Å². The minimum Gasteiger partial charge on any atom is -0.354 e. The van der Waals surface area contributed by atoms with Crippen molar-refractivity contribution in [3.8, 4) is 0 Å². The Balaban J connectivity index is 1.86. The summed E-state index contributed by atoms with van der Waals surface area (Å²) in [6, 6.07) is 5.04. The second-order valence-electron chi connectivity index (χ2n) is 4.96. The summed E-state index contributed by atoms with van der Waals surface area (Å²) in [7, 11) is 1.49. The molecule has 1 saturated heterocycles. The number of nitrogens with one attached hydrogen (secondary N) is 2. The molecule has 1 aliphatic heterocycles. The predicted molar refractivity (Wildman–Crippen MR) is 80.1 cm³/mol. The van der Waals surface area contributed by atoms with Crippen LogP contribution >= 0.6 is 0 Å². The van der Waals surface area contributed by atoms with Crippen LogP contribution in [0.3, 0.4) is 0 Å². The topological polar surface area (TPSA) is 77.6 Å². The fourth-order valence-corrected chi connectivity index (χ4v) is 2.32. The Bertz CT molecular complexity index is 485. The first kappa shape index (κ1) is 15.2. The van der Waals surface area contributed by atoms with Crippen molar-refractivity contribution in [3.63, 3.8) is 0 Å². The summed E-state index contributed by atoms with van der Waals surface area (Å²) in [5.41, 5.74) is 0. The maximum absolute atomic E-state index is 11.9. The van der Waals surface area contributed by atoms with Crippen molar-refractivity contribution >= 4 is 17.8 Å². The highest BCUT2D eigenvalue weighted by Crippen LogP contribution is 2.13. The summed E-state index contributed by atoms with van der Waals surface area (Å²) in [5, 5.41) is 4.69. The molecule has 0 spiro atoms. The Morgan fingerprint density at radius 2 is 1.95 bits per heavy atom. The van der Waals surface area contributed by atoms with E-state index in [0.717, 1.165) is 32.0 Å². The van der Waals surface area contributed by atoms with Gasteiger partial charge in [0.2, 0.25) is 5.91 Å². The Hall–Kier alpha value is -2.15. The van der Waals surface area contributed by atoms with E-state index in [0.29, 0.717) is 0 Å². The van der Waals surface area contributed by atoms with Crippen molar-refractivity contribution in [2.24, 2.45) is 0 Å². The normalized spacial score (nSPS) is 17.1. The minimum absolute atomic E-state index is 0.277. The molecule has 0 aromatic carbocycles. The van der Waals surface area contributed by atoms with E-state index in [1.807, 2.05) is 25.1 Å². The maximum atomic E-state index is 11.9. The number of pyridine rings is 1. The van der Waals surface area contributed by atoms with Crippen LogP contribution < -0.4 is 15.5 Å². The van der Waals surface area contributed by atoms with E-state index < -0.39 is 6.03 Å². The van der Waals surface area contributed by atoms with Gasteiger partial charge in [0.25, 0.3) is 0 Å². The van der Waals surface area contributed by atoms with E-state index in [4.69, 9.17) is 0 Å². The van der Waals surface area contributed by atoms with E-state index in [2.05, 4.69) is 25.4 Å². The average molecular weight is 291 g/mol. The third-order valence-corrected chi connectivity index (χ3v) is 3.68. The maximum Gasteiger partial charge on any atom is 0.321 e. The number of aromatic nitrogens is 1. The van der Waals surface area contributed by atoms with Gasteiger partial charge in [-0.2, -0.15) is 0 Å². The van der Waals surface area contributed by atoms with Gasteiger partial charge in [0.15, 0.2) is 0 Å². The molecule has 7 heteroatoms. The average Bonchev–Trinajstić information content (AvgIpc) is 2.55. The predicted octanol–water partition coefficient (Wildman–Crippen LogP) is 0.0477. The number of imide groups is 1. The molecule has 2 heterocycles. The number of anilines is 1. The molecule has 1 aromatic rings. The van der Waals surface area contributed by atoms with Crippen molar-refractivity contribution in [3.05, 3.63) is 24.4 Å². The van der Waals surface area contributed by atoms with Gasteiger partial charge in [-0.25, -0.2) is 9.78 Å². The van der Waals surface area contributed by atoms with Gasteiger partial charge in [-0.05, 0) is 19.1 Å². The molecule has 3 amide bonds. The van der Waals surface area contributed by atoms with Gasteiger partial charge in [-0.3, -0.25) is 15.0 Å². The van der Waals surface area contributed by atoms with Crippen LogP contribution in [0.15, 0.2) is 24.4 Å². The third kappa shape index (κ3) is 3.91. The van der Waals surface area contributed by atoms with Gasteiger partial charge in [0, 0.05) is 39.4 Å². The first-order valence-electron chi connectivity index (χ1n) is 7.04. The SMILES string of the molecule is CNC(=O)NC(=O)C(C)N1CCN(c2ccccn2)CC1. The van der Waals surface area contributed by atoms with Crippen LogP contribution in [0, 0.1) is 0 Å². The zero-order valence-electron chi connectivity index (χ0n) is 12.4. The van der Waals surface area contributed by atoms with Crippen LogP contribution in [0.25, 0.3) is 0 Å². The van der Waals surface area contributed by atoms with E-state index in [1.165, 1.54) is 7.05 Å². The van der Waals surface area contributed by atoms with Crippen LogP contribution in [0.2, 0.25) is 0 Å². The van der Waals surface area contributed by atoms with Crippen molar-refractivity contribution in [2.75, 3.05) is 38.1 Å². The van der Waals surface area contributed by atoms with Gasteiger partial charge in [-0.15, -0.1) is 0 Å². The molecule has 0 aliphatic carbocycles. The fourth-order valence-electron chi connectivity index (χ4n) is 2.32. The van der Waals surface area contributed by atoms with Crippen LogP contribution in [0.4, 0.5) is 10.6 Å². The lowest BCUT2D eigenvalue weighted by atomic mass is 10.2. The lowest BCUT2D eigenvalue weighted by Gasteiger charge is -2.37. The Kier molecular flexibility index (Phi) is 5.10. The zero-order valence-corrected chi connectivity index (χ0v) is 12.4. The smallest absolute Gasteiger partial charge is 0.321 e. The number of carbonyl (C=O) groups is 2. The lowest BCUT2D eigenvalue weighted by Crippen LogP contribution is -2.55. The van der Waals surface area contributed by atoms with E-state index >= 15 is 0 Å². The molecule has 1 atom stereocenters. The van der Waals surface area contributed by atoms with Crippen LogP contribution in [-0.4, -0.2) is 61.1 Å². The molecule has 21 heavy (non-hydrogen) atoms. The lowest BCUT2D eigenvalue weighted by molar-refractivity contribution is -0.124. The standard InChI is InChI=1S/C14H21N5O2/c1-11(13(20)17-14(21)15-2)18-7-9-19(10-8-18)12-5-3-4-6-16-12/h3-6,11H,7-10H2,1-2H3,(H2,15,17,20,21). The van der Waals surface area contributed by atoms with Crippen LogP contribution in [0.1, 0.15) is 6.92 Å². The quantitative estimate of drug-likeness (QED) is 0.823. The molecule has 114 valence electrons. The number of urea groups is 1. The van der Waals surface area contributed by atoms with Gasteiger partial charge in [-0.1, -0.05) is 6.07 Å². The Labute approximate surface area is 124 Å². The highest BCUT2D eigenvalue weighted by atomic mass is 16.2. The molecule has 2 N–H and O–H groups in total. The second kappa shape index (κ2) is 7.03. The summed E-state index contributed by atoms with van der Waals surface area (Å²) in [6.45, 7) is 4.97.